The lowest BCUT2D eigenvalue weighted by molar-refractivity contribution is -0.188. The van der Waals surface area contributed by atoms with E-state index in [2.05, 4.69) is 4.98 Å². The molecule has 0 aliphatic rings. The van der Waals surface area contributed by atoms with Gasteiger partial charge in [-0.05, 0) is 41.0 Å². The summed E-state index contributed by atoms with van der Waals surface area (Å²) in [6.07, 6.45) is -1.42. The summed E-state index contributed by atoms with van der Waals surface area (Å²) in [5, 5.41) is 10.7. The van der Waals surface area contributed by atoms with Crippen molar-refractivity contribution in [2.75, 3.05) is 0 Å². The van der Waals surface area contributed by atoms with Crippen LogP contribution in [0.2, 0.25) is 0 Å². The molecule has 27 heavy (non-hydrogen) atoms. The Morgan fingerprint density at radius 1 is 0.963 bits per heavy atom. The van der Waals surface area contributed by atoms with Gasteiger partial charge in [0.15, 0.2) is 5.69 Å². The van der Waals surface area contributed by atoms with Crippen molar-refractivity contribution in [1.82, 2.24) is 4.98 Å². The second-order valence-corrected chi connectivity index (χ2v) is 8.89. The zero-order valence-corrected chi connectivity index (χ0v) is 17.2. The van der Waals surface area contributed by atoms with E-state index in [-0.39, 0.29) is 11.5 Å². The van der Waals surface area contributed by atoms with Crippen molar-refractivity contribution in [3.63, 3.8) is 0 Å². The lowest BCUT2D eigenvalue weighted by Crippen LogP contribution is -2.24. The molecular formula is C22H29F2NO2. The van der Waals surface area contributed by atoms with Gasteiger partial charge in [-0.3, -0.25) is 4.98 Å². The minimum atomic E-state index is -3.58. The summed E-state index contributed by atoms with van der Waals surface area (Å²) >= 11 is 0. The molecule has 0 radical (unpaired) electrons. The quantitative estimate of drug-likeness (QED) is 0.703. The van der Waals surface area contributed by atoms with Crippen molar-refractivity contribution >= 4 is 0 Å². The third kappa shape index (κ3) is 4.76. The molecule has 3 nitrogen and oxygen atoms in total. The van der Waals surface area contributed by atoms with E-state index in [9.17, 15) is 13.9 Å². The first-order valence-electron chi connectivity index (χ1n) is 9.16. The number of halogens is 2. The van der Waals surface area contributed by atoms with Gasteiger partial charge in [0.2, 0.25) is 0 Å². The van der Waals surface area contributed by atoms with Crippen molar-refractivity contribution in [3.8, 4) is 11.5 Å². The van der Waals surface area contributed by atoms with Crippen LogP contribution in [0.15, 0.2) is 30.5 Å². The number of rotatable bonds is 4. The molecule has 0 spiro atoms. The van der Waals surface area contributed by atoms with Crippen LogP contribution in [0.4, 0.5) is 8.78 Å². The number of phenols is 1. The van der Waals surface area contributed by atoms with Crippen LogP contribution in [0.25, 0.3) is 0 Å². The maximum Gasteiger partial charge on any atom is 0.444 e. The number of phenolic OH excluding ortho intramolecular Hbond substituents is 1. The number of aryl methyl sites for hydroxylation is 1. The molecule has 0 saturated heterocycles. The second-order valence-electron chi connectivity index (χ2n) is 8.89. The van der Waals surface area contributed by atoms with E-state index in [0.717, 1.165) is 12.0 Å². The van der Waals surface area contributed by atoms with Gasteiger partial charge in [0.05, 0.1) is 0 Å². The molecule has 1 heterocycles. The molecule has 0 bridgehead atoms. The standard InChI is InChI=1S/C22H29F2NO2/c1-8-14-9-10-18(25-13-14)22(23,24)27-15-11-16(20(2,3)4)19(26)17(12-15)21(5,6)7/h9-13,26H,8H2,1-7H3. The molecule has 0 saturated carbocycles. The topological polar surface area (TPSA) is 42.4 Å². The molecule has 0 atom stereocenters. The molecule has 2 aromatic rings. The first kappa shape index (κ1) is 21.1. The molecule has 1 aromatic heterocycles. The number of benzene rings is 1. The lowest BCUT2D eigenvalue weighted by atomic mass is 9.79. The summed E-state index contributed by atoms with van der Waals surface area (Å²) in [4.78, 5) is 3.85. The van der Waals surface area contributed by atoms with Crippen LogP contribution >= 0.6 is 0 Å². The zero-order chi connectivity index (χ0) is 20.6. The largest absolute Gasteiger partial charge is 0.507 e. The Balaban J connectivity index is 2.50. The van der Waals surface area contributed by atoms with E-state index in [1.165, 1.54) is 24.4 Å². The van der Waals surface area contributed by atoms with E-state index >= 15 is 0 Å². The zero-order valence-electron chi connectivity index (χ0n) is 17.2. The molecule has 0 aliphatic heterocycles. The Morgan fingerprint density at radius 2 is 1.48 bits per heavy atom. The first-order chi connectivity index (χ1) is 12.3. The maximum atomic E-state index is 14.7. The summed E-state index contributed by atoms with van der Waals surface area (Å²) in [7, 11) is 0. The Bertz CT molecular complexity index is 766. The van der Waals surface area contributed by atoms with Crippen molar-refractivity contribution < 1.29 is 18.6 Å². The van der Waals surface area contributed by atoms with E-state index in [1.54, 1.807) is 6.07 Å². The number of aromatic hydroxyl groups is 1. The fraction of sp³-hybridized carbons (Fsp3) is 0.500. The van der Waals surface area contributed by atoms with Crippen LogP contribution in [0, 0.1) is 0 Å². The van der Waals surface area contributed by atoms with E-state index < -0.39 is 22.6 Å². The van der Waals surface area contributed by atoms with Crippen LogP contribution in [0.1, 0.15) is 70.9 Å². The number of hydrogen-bond donors (Lipinski definition) is 1. The fourth-order valence-corrected chi connectivity index (χ4v) is 2.82. The first-order valence-corrected chi connectivity index (χ1v) is 9.16. The maximum absolute atomic E-state index is 14.7. The number of pyridine rings is 1. The molecule has 0 amide bonds. The van der Waals surface area contributed by atoms with Crippen molar-refractivity contribution in [2.45, 2.75) is 71.8 Å². The number of nitrogens with zero attached hydrogens (tertiary/aromatic N) is 1. The highest BCUT2D eigenvalue weighted by molar-refractivity contribution is 5.52. The van der Waals surface area contributed by atoms with E-state index in [0.29, 0.717) is 11.1 Å². The molecule has 0 fully saturated rings. The Labute approximate surface area is 160 Å². The van der Waals surface area contributed by atoms with Crippen LogP contribution < -0.4 is 4.74 Å². The third-order valence-corrected chi connectivity index (χ3v) is 4.48. The minimum Gasteiger partial charge on any atom is -0.507 e. The third-order valence-electron chi connectivity index (χ3n) is 4.48. The van der Waals surface area contributed by atoms with Crippen molar-refractivity contribution in [2.24, 2.45) is 0 Å². The van der Waals surface area contributed by atoms with Gasteiger partial charge in [-0.1, -0.05) is 54.5 Å². The minimum absolute atomic E-state index is 0.00835. The van der Waals surface area contributed by atoms with Gasteiger partial charge >= 0.3 is 6.11 Å². The highest BCUT2D eigenvalue weighted by Gasteiger charge is 2.37. The van der Waals surface area contributed by atoms with Gasteiger partial charge in [-0.25, -0.2) is 0 Å². The molecule has 2 rings (SSSR count). The summed E-state index contributed by atoms with van der Waals surface area (Å²) in [6.45, 7) is 13.4. The predicted molar refractivity (Wildman–Crippen MR) is 104 cm³/mol. The smallest absolute Gasteiger partial charge is 0.444 e. The summed E-state index contributed by atoms with van der Waals surface area (Å²) in [5.41, 5.74) is 0.705. The predicted octanol–water partition coefficient (Wildman–Crippen LogP) is 6.07. The molecule has 1 aromatic carbocycles. The SMILES string of the molecule is CCc1ccc(C(F)(F)Oc2cc(C(C)(C)C)c(O)c(C(C)(C)C)c2)nc1. The van der Waals surface area contributed by atoms with Crippen molar-refractivity contribution in [1.29, 1.82) is 0 Å². The number of hydrogen-bond acceptors (Lipinski definition) is 3. The number of alkyl halides is 2. The Hall–Kier alpha value is -2.17. The van der Waals surface area contributed by atoms with Gasteiger partial charge < -0.3 is 9.84 Å². The summed E-state index contributed by atoms with van der Waals surface area (Å²) in [6, 6.07) is 5.88. The Kier molecular flexibility index (Phi) is 5.56. The van der Waals surface area contributed by atoms with Gasteiger partial charge in [-0.2, -0.15) is 8.78 Å². The second kappa shape index (κ2) is 7.10. The molecule has 0 aliphatic carbocycles. The molecule has 1 N–H and O–H groups in total. The summed E-state index contributed by atoms with van der Waals surface area (Å²) in [5.74, 6) is 0.130. The van der Waals surface area contributed by atoms with E-state index in [4.69, 9.17) is 4.74 Å². The molecular weight excluding hydrogens is 348 g/mol. The molecule has 0 unspecified atom stereocenters. The molecule has 5 heteroatoms. The van der Waals surface area contributed by atoms with Crippen LogP contribution in [0.5, 0.6) is 11.5 Å². The van der Waals surface area contributed by atoms with Gasteiger partial charge in [0, 0.05) is 17.3 Å². The fourth-order valence-electron chi connectivity index (χ4n) is 2.82. The van der Waals surface area contributed by atoms with Crippen molar-refractivity contribution in [3.05, 3.63) is 52.8 Å². The summed E-state index contributed by atoms with van der Waals surface area (Å²) < 4.78 is 34.5. The lowest BCUT2D eigenvalue weighted by Gasteiger charge is -2.29. The highest BCUT2D eigenvalue weighted by Crippen LogP contribution is 2.43. The van der Waals surface area contributed by atoms with Gasteiger partial charge in [0.1, 0.15) is 11.5 Å². The van der Waals surface area contributed by atoms with E-state index in [1.807, 2.05) is 48.5 Å². The molecule has 148 valence electrons. The monoisotopic (exact) mass is 377 g/mol. The van der Waals surface area contributed by atoms with Gasteiger partial charge in [-0.15, -0.1) is 0 Å². The van der Waals surface area contributed by atoms with Crippen LogP contribution in [-0.2, 0) is 23.4 Å². The normalized spacial score (nSPS) is 12.9. The highest BCUT2D eigenvalue weighted by atomic mass is 19.3. The van der Waals surface area contributed by atoms with Crippen LogP contribution in [-0.4, -0.2) is 10.1 Å². The average molecular weight is 377 g/mol. The van der Waals surface area contributed by atoms with Gasteiger partial charge in [0.25, 0.3) is 0 Å². The average Bonchev–Trinajstić information content (AvgIpc) is 2.54. The van der Waals surface area contributed by atoms with Crippen LogP contribution in [0.3, 0.4) is 0 Å². The Morgan fingerprint density at radius 3 is 1.85 bits per heavy atom. The number of ether oxygens (including phenoxy) is 1. The number of aromatic nitrogens is 1.